The summed E-state index contributed by atoms with van der Waals surface area (Å²) < 4.78 is 0.816. The summed E-state index contributed by atoms with van der Waals surface area (Å²) in [5, 5.41) is 2.71. The van der Waals surface area contributed by atoms with E-state index in [0.717, 1.165) is 9.98 Å². The van der Waals surface area contributed by atoms with Crippen molar-refractivity contribution in [2.45, 2.75) is 13.3 Å². The summed E-state index contributed by atoms with van der Waals surface area (Å²) in [7, 11) is 0. The number of carbonyl (C=O) groups excluding carboxylic acids is 4. The van der Waals surface area contributed by atoms with Gasteiger partial charge in [-0.1, -0.05) is 54.6 Å². The number of rotatable bonds is 4. The molecule has 0 saturated heterocycles. The average Bonchev–Trinajstić information content (AvgIpc) is 2.77. The van der Waals surface area contributed by atoms with Crippen LogP contribution in [-0.2, 0) is 16.0 Å². The molecule has 0 aliphatic heterocycles. The van der Waals surface area contributed by atoms with Crippen LogP contribution in [0.1, 0.15) is 44.3 Å². The number of hydrogen-bond donors (Lipinski definition) is 1. The predicted octanol–water partition coefficient (Wildman–Crippen LogP) is 4.15. The van der Waals surface area contributed by atoms with Gasteiger partial charge in [-0.05, 0) is 17.7 Å². The molecule has 4 rings (SSSR count). The molecule has 1 N–H and O–H groups in total. The third kappa shape index (κ3) is 3.73. The highest BCUT2D eigenvalue weighted by Gasteiger charge is 2.34. The average molecular weight is 433 g/mol. The first-order valence-electron chi connectivity index (χ1n) is 9.54. The fraction of sp³-hybridized carbons (Fsp3) is 0.0833. The van der Waals surface area contributed by atoms with Crippen LogP contribution < -0.4 is 9.74 Å². The van der Waals surface area contributed by atoms with E-state index < -0.39 is 17.6 Å². The fourth-order valence-corrected chi connectivity index (χ4v) is 3.74. The number of nitrogens with zero attached hydrogens (tertiary/aromatic N) is 1. The molecule has 0 aromatic heterocycles. The van der Waals surface area contributed by atoms with Crippen molar-refractivity contribution in [1.29, 1.82) is 0 Å². The van der Waals surface area contributed by atoms with Gasteiger partial charge in [-0.15, -0.1) is 0 Å². The number of ketones is 2. The number of amides is 2. The highest BCUT2D eigenvalue weighted by molar-refractivity contribution is 6.39. The van der Waals surface area contributed by atoms with Gasteiger partial charge in [0.05, 0.1) is 23.4 Å². The highest BCUT2D eigenvalue weighted by atomic mass is 35.5. The zero-order valence-electron chi connectivity index (χ0n) is 16.5. The molecule has 1 aliphatic rings. The van der Waals surface area contributed by atoms with Crippen LogP contribution >= 0.6 is 11.8 Å². The molecule has 6 nitrogen and oxygen atoms in total. The Bertz CT molecular complexity index is 1240. The third-order valence-corrected chi connectivity index (χ3v) is 5.45. The molecular weight excluding hydrogens is 416 g/mol. The smallest absolute Gasteiger partial charge is 0.238 e. The largest absolute Gasteiger partial charge is 0.323 e. The lowest BCUT2D eigenvalue weighted by atomic mass is 9.82. The van der Waals surface area contributed by atoms with Gasteiger partial charge in [0.2, 0.25) is 11.8 Å². The van der Waals surface area contributed by atoms with E-state index in [0.29, 0.717) is 5.56 Å². The van der Waals surface area contributed by atoms with Crippen molar-refractivity contribution in [3.05, 3.63) is 94.5 Å². The van der Waals surface area contributed by atoms with E-state index in [9.17, 15) is 19.2 Å². The number of fused-ring (bicyclic) bond motifs is 2. The molecule has 1 aliphatic carbocycles. The molecule has 7 heteroatoms. The quantitative estimate of drug-likeness (QED) is 0.491. The molecule has 154 valence electrons. The Labute approximate surface area is 183 Å². The Kier molecular flexibility index (Phi) is 5.40. The lowest BCUT2D eigenvalue weighted by Gasteiger charge is -2.24. The fourth-order valence-electron chi connectivity index (χ4n) is 3.60. The molecule has 0 saturated carbocycles. The van der Waals surface area contributed by atoms with E-state index in [1.54, 1.807) is 36.4 Å². The molecule has 3 aromatic carbocycles. The Hall–Kier alpha value is -3.77. The van der Waals surface area contributed by atoms with E-state index in [2.05, 4.69) is 5.32 Å². The lowest BCUT2D eigenvalue weighted by molar-refractivity contribution is -0.116. The number of anilines is 2. The van der Waals surface area contributed by atoms with Crippen molar-refractivity contribution in [1.82, 2.24) is 0 Å². The van der Waals surface area contributed by atoms with Crippen LogP contribution in [0.4, 0.5) is 11.4 Å². The van der Waals surface area contributed by atoms with Crippen molar-refractivity contribution in [3.63, 3.8) is 0 Å². The summed E-state index contributed by atoms with van der Waals surface area (Å²) in [6.45, 7) is 1.25. The molecule has 0 heterocycles. The molecule has 2 amide bonds. The molecule has 0 radical (unpaired) electrons. The molecule has 3 aromatic rings. The lowest BCUT2D eigenvalue weighted by Crippen LogP contribution is -2.27. The number of benzene rings is 3. The van der Waals surface area contributed by atoms with Gasteiger partial charge in [-0.25, -0.2) is 4.42 Å². The molecule has 0 atom stereocenters. The van der Waals surface area contributed by atoms with Gasteiger partial charge in [0.1, 0.15) is 0 Å². The summed E-state index contributed by atoms with van der Waals surface area (Å²) in [5.41, 5.74) is 1.63. The van der Waals surface area contributed by atoms with Crippen molar-refractivity contribution in [2.75, 3.05) is 9.74 Å². The molecule has 0 unspecified atom stereocenters. The Balaban J connectivity index is 1.83. The molecule has 0 spiro atoms. The van der Waals surface area contributed by atoms with Crippen LogP contribution in [0.3, 0.4) is 0 Å². The van der Waals surface area contributed by atoms with Crippen LogP contribution in [0.5, 0.6) is 0 Å². The maximum atomic E-state index is 13.3. The molecular formula is C24H17ClN2O4. The summed E-state index contributed by atoms with van der Waals surface area (Å²) >= 11 is 6.15. The van der Waals surface area contributed by atoms with Crippen molar-refractivity contribution in [3.8, 4) is 0 Å². The number of halogens is 1. The number of nitrogens with one attached hydrogen (secondary N) is 1. The predicted molar refractivity (Wildman–Crippen MR) is 118 cm³/mol. The first-order valence-corrected chi connectivity index (χ1v) is 9.88. The summed E-state index contributed by atoms with van der Waals surface area (Å²) in [5.74, 6) is -1.67. The standard InChI is InChI=1S/C24H17ClN2O4/c1-14(28)27(25)19-12-11-18-21(24(31)17-10-6-5-9-16(17)23(18)30)22(19)26-20(29)13-15-7-3-2-4-8-15/h2-12H,13H2,1H3,(H,26,29). The van der Waals surface area contributed by atoms with Gasteiger partial charge in [0, 0.05) is 35.4 Å². The third-order valence-electron chi connectivity index (χ3n) is 5.03. The number of hydrogen-bond acceptors (Lipinski definition) is 4. The van der Waals surface area contributed by atoms with Crippen LogP contribution in [0.15, 0.2) is 66.7 Å². The van der Waals surface area contributed by atoms with E-state index in [1.165, 1.54) is 19.1 Å². The van der Waals surface area contributed by atoms with E-state index in [1.807, 2.05) is 18.2 Å². The molecule has 0 bridgehead atoms. The molecule has 0 fully saturated rings. The van der Waals surface area contributed by atoms with Crippen molar-refractivity contribution >= 4 is 46.5 Å². The second-order valence-electron chi connectivity index (χ2n) is 7.10. The van der Waals surface area contributed by atoms with Gasteiger partial charge < -0.3 is 5.32 Å². The summed E-state index contributed by atoms with van der Waals surface area (Å²) in [4.78, 5) is 51.0. The monoisotopic (exact) mass is 432 g/mol. The zero-order chi connectivity index (χ0) is 22.1. The van der Waals surface area contributed by atoms with Crippen LogP contribution in [0, 0.1) is 0 Å². The Morgan fingerprint density at radius 2 is 1.45 bits per heavy atom. The first-order chi connectivity index (χ1) is 14.9. The Morgan fingerprint density at radius 3 is 2.10 bits per heavy atom. The maximum Gasteiger partial charge on any atom is 0.238 e. The minimum atomic E-state index is -0.504. The minimum absolute atomic E-state index is 0.0227. The van der Waals surface area contributed by atoms with E-state index in [4.69, 9.17) is 11.8 Å². The normalized spacial score (nSPS) is 12.1. The van der Waals surface area contributed by atoms with Crippen LogP contribution in [0.25, 0.3) is 0 Å². The SMILES string of the molecule is CC(=O)N(Cl)c1ccc2c(c1NC(=O)Cc1ccccc1)C(=O)c1ccccc1C2=O. The second-order valence-corrected chi connectivity index (χ2v) is 7.43. The van der Waals surface area contributed by atoms with Gasteiger partial charge >= 0.3 is 0 Å². The van der Waals surface area contributed by atoms with Crippen molar-refractivity contribution in [2.24, 2.45) is 0 Å². The van der Waals surface area contributed by atoms with Crippen LogP contribution in [0.2, 0.25) is 0 Å². The van der Waals surface area contributed by atoms with Gasteiger partial charge in [-0.3, -0.25) is 19.2 Å². The summed E-state index contributed by atoms with van der Waals surface area (Å²) in [6, 6.07) is 18.5. The Morgan fingerprint density at radius 1 is 0.839 bits per heavy atom. The number of carbonyl (C=O) groups is 4. The summed E-state index contributed by atoms with van der Waals surface area (Å²) in [6.07, 6.45) is 0.0467. The zero-order valence-corrected chi connectivity index (χ0v) is 17.3. The van der Waals surface area contributed by atoms with E-state index in [-0.39, 0.29) is 40.3 Å². The maximum absolute atomic E-state index is 13.3. The van der Waals surface area contributed by atoms with Crippen LogP contribution in [-0.4, -0.2) is 23.4 Å². The highest BCUT2D eigenvalue weighted by Crippen LogP contribution is 2.39. The van der Waals surface area contributed by atoms with Gasteiger partial charge in [-0.2, -0.15) is 0 Å². The first kappa shape index (κ1) is 20.5. The topological polar surface area (TPSA) is 83.6 Å². The van der Waals surface area contributed by atoms with Gasteiger partial charge in [0.15, 0.2) is 11.6 Å². The van der Waals surface area contributed by atoms with Crippen molar-refractivity contribution < 1.29 is 19.2 Å². The molecule has 31 heavy (non-hydrogen) atoms. The van der Waals surface area contributed by atoms with Gasteiger partial charge in [0.25, 0.3) is 0 Å². The minimum Gasteiger partial charge on any atom is -0.323 e. The van der Waals surface area contributed by atoms with E-state index >= 15 is 0 Å². The second kappa shape index (κ2) is 8.16.